The quantitative estimate of drug-likeness (QED) is 0.871. The van der Waals surface area contributed by atoms with Crippen LogP contribution in [-0.4, -0.2) is 83.0 Å². The zero-order valence-electron chi connectivity index (χ0n) is 15.8. The monoisotopic (exact) mass is 359 g/mol. The van der Waals surface area contributed by atoms with Crippen molar-refractivity contribution in [1.82, 2.24) is 14.7 Å². The van der Waals surface area contributed by atoms with Crippen LogP contribution in [0.15, 0.2) is 24.3 Å². The highest BCUT2D eigenvalue weighted by Crippen LogP contribution is 2.25. The number of likely N-dealkylation sites (tertiary alicyclic amines) is 1. The van der Waals surface area contributed by atoms with Gasteiger partial charge in [0.1, 0.15) is 0 Å². The van der Waals surface area contributed by atoms with Gasteiger partial charge >= 0.3 is 0 Å². The van der Waals surface area contributed by atoms with Crippen LogP contribution in [0.2, 0.25) is 0 Å². The fourth-order valence-electron chi connectivity index (χ4n) is 3.86. The Kier molecular flexibility index (Phi) is 5.63. The molecule has 2 heterocycles. The van der Waals surface area contributed by atoms with E-state index in [2.05, 4.69) is 11.8 Å². The van der Waals surface area contributed by atoms with Crippen molar-refractivity contribution in [1.29, 1.82) is 0 Å². The van der Waals surface area contributed by atoms with Gasteiger partial charge in [-0.3, -0.25) is 14.5 Å². The second kappa shape index (κ2) is 7.76. The van der Waals surface area contributed by atoms with E-state index < -0.39 is 5.60 Å². The van der Waals surface area contributed by atoms with E-state index in [-0.39, 0.29) is 11.8 Å². The zero-order valence-corrected chi connectivity index (χ0v) is 15.8. The number of aliphatic hydroxyl groups is 1. The minimum atomic E-state index is -0.864. The third-order valence-electron chi connectivity index (χ3n) is 5.56. The summed E-state index contributed by atoms with van der Waals surface area (Å²) in [5.74, 6) is 0.0973. The Labute approximate surface area is 155 Å². The van der Waals surface area contributed by atoms with Crippen molar-refractivity contribution in [2.45, 2.75) is 32.3 Å². The van der Waals surface area contributed by atoms with Crippen molar-refractivity contribution >= 4 is 11.8 Å². The molecule has 1 atom stereocenters. The summed E-state index contributed by atoms with van der Waals surface area (Å²) in [5.41, 5.74) is 1.03. The maximum Gasteiger partial charge on any atom is 0.253 e. The SMILES string of the molecule is CCc1ccc(C(=O)N2CC[C@](O)(CN3CCN(C(C)=O)CC3)C2)cc1. The van der Waals surface area contributed by atoms with Gasteiger partial charge in [-0.15, -0.1) is 0 Å². The van der Waals surface area contributed by atoms with Crippen LogP contribution < -0.4 is 0 Å². The Morgan fingerprint density at radius 3 is 2.27 bits per heavy atom. The lowest BCUT2D eigenvalue weighted by Crippen LogP contribution is -2.53. The highest BCUT2D eigenvalue weighted by molar-refractivity contribution is 5.94. The Morgan fingerprint density at radius 1 is 1.04 bits per heavy atom. The second-order valence-electron chi connectivity index (χ2n) is 7.53. The predicted octanol–water partition coefficient (Wildman–Crippen LogP) is 0.990. The third kappa shape index (κ3) is 4.24. The largest absolute Gasteiger partial charge is 0.387 e. The molecular weight excluding hydrogens is 330 g/mol. The number of hydrogen-bond donors (Lipinski definition) is 1. The van der Waals surface area contributed by atoms with E-state index in [1.807, 2.05) is 29.2 Å². The van der Waals surface area contributed by atoms with Gasteiger partial charge in [0.15, 0.2) is 0 Å². The summed E-state index contributed by atoms with van der Waals surface area (Å²) in [5, 5.41) is 11.0. The van der Waals surface area contributed by atoms with Crippen molar-refractivity contribution in [3.8, 4) is 0 Å². The first-order chi connectivity index (χ1) is 12.4. The smallest absolute Gasteiger partial charge is 0.253 e. The number of rotatable bonds is 4. The van der Waals surface area contributed by atoms with Crippen LogP contribution in [-0.2, 0) is 11.2 Å². The van der Waals surface area contributed by atoms with Gasteiger partial charge in [0, 0.05) is 51.8 Å². The summed E-state index contributed by atoms with van der Waals surface area (Å²) in [6.45, 7) is 8.15. The highest BCUT2D eigenvalue weighted by Gasteiger charge is 2.40. The molecule has 0 spiro atoms. The normalized spacial score (nSPS) is 24.1. The number of hydrogen-bond acceptors (Lipinski definition) is 4. The van der Waals surface area contributed by atoms with Crippen LogP contribution in [0.4, 0.5) is 0 Å². The average Bonchev–Trinajstić information content (AvgIpc) is 3.03. The number of β-amino-alcohol motifs (C(OH)–C–C–N with tert-alkyl or cyclic N) is 1. The standard InChI is InChI=1S/C20H29N3O3/c1-3-17-4-6-18(7-5-17)19(25)23-9-8-20(26,15-23)14-21-10-12-22(13-11-21)16(2)24/h4-7,26H,3,8-15H2,1-2H3/t20-/m0/s1. The van der Waals surface area contributed by atoms with Crippen LogP contribution in [0.1, 0.15) is 36.2 Å². The lowest BCUT2D eigenvalue weighted by Gasteiger charge is -2.37. The molecule has 1 aromatic carbocycles. The number of nitrogens with zero attached hydrogens (tertiary/aromatic N) is 3. The van der Waals surface area contributed by atoms with Crippen LogP contribution in [0.5, 0.6) is 0 Å². The van der Waals surface area contributed by atoms with Crippen LogP contribution in [0.3, 0.4) is 0 Å². The lowest BCUT2D eigenvalue weighted by molar-refractivity contribution is -0.130. The average molecular weight is 359 g/mol. The molecule has 2 amide bonds. The van der Waals surface area contributed by atoms with Gasteiger partial charge in [0.2, 0.25) is 5.91 Å². The Morgan fingerprint density at radius 2 is 1.69 bits per heavy atom. The molecular formula is C20H29N3O3. The van der Waals surface area contributed by atoms with Gasteiger partial charge in [-0.1, -0.05) is 19.1 Å². The highest BCUT2D eigenvalue weighted by atomic mass is 16.3. The molecule has 0 radical (unpaired) electrons. The summed E-state index contributed by atoms with van der Waals surface area (Å²) < 4.78 is 0. The first-order valence-electron chi connectivity index (χ1n) is 9.49. The minimum Gasteiger partial charge on any atom is -0.387 e. The molecule has 2 saturated heterocycles. The molecule has 6 heteroatoms. The van der Waals surface area contributed by atoms with Crippen molar-refractivity contribution < 1.29 is 14.7 Å². The molecule has 0 aromatic heterocycles. The van der Waals surface area contributed by atoms with E-state index in [1.54, 1.807) is 11.8 Å². The van der Waals surface area contributed by atoms with Gasteiger partial charge in [-0.25, -0.2) is 0 Å². The number of carbonyl (C=O) groups excluding carboxylic acids is 2. The molecule has 26 heavy (non-hydrogen) atoms. The molecule has 1 N–H and O–H groups in total. The lowest BCUT2D eigenvalue weighted by atomic mass is 10.0. The van der Waals surface area contributed by atoms with Gasteiger partial charge in [0.25, 0.3) is 5.91 Å². The van der Waals surface area contributed by atoms with Crippen LogP contribution in [0.25, 0.3) is 0 Å². The molecule has 0 aliphatic carbocycles. The topological polar surface area (TPSA) is 64.1 Å². The van der Waals surface area contributed by atoms with E-state index in [1.165, 1.54) is 5.56 Å². The fourth-order valence-corrected chi connectivity index (χ4v) is 3.86. The molecule has 2 aliphatic heterocycles. The van der Waals surface area contributed by atoms with Gasteiger partial charge in [0.05, 0.1) is 12.1 Å². The van der Waals surface area contributed by atoms with Crippen molar-refractivity contribution in [3.63, 3.8) is 0 Å². The summed E-state index contributed by atoms with van der Waals surface area (Å²) in [4.78, 5) is 29.9. The second-order valence-corrected chi connectivity index (χ2v) is 7.53. The fraction of sp³-hybridized carbons (Fsp3) is 0.600. The summed E-state index contributed by atoms with van der Waals surface area (Å²) in [7, 11) is 0. The summed E-state index contributed by atoms with van der Waals surface area (Å²) in [6.07, 6.45) is 1.55. The molecule has 0 saturated carbocycles. The Hall–Kier alpha value is -1.92. The third-order valence-corrected chi connectivity index (χ3v) is 5.56. The van der Waals surface area contributed by atoms with E-state index in [4.69, 9.17) is 0 Å². The molecule has 0 bridgehead atoms. The van der Waals surface area contributed by atoms with Gasteiger partial charge < -0.3 is 14.9 Å². The van der Waals surface area contributed by atoms with Gasteiger partial charge in [-0.05, 0) is 30.5 Å². The Balaban J connectivity index is 1.55. The van der Waals surface area contributed by atoms with Gasteiger partial charge in [-0.2, -0.15) is 0 Å². The first kappa shape index (κ1) is 18.9. The van der Waals surface area contributed by atoms with Crippen LogP contribution in [0, 0.1) is 0 Å². The van der Waals surface area contributed by atoms with E-state index >= 15 is 0 Å². The molecule has 142 valence electrons. The summed E-state index contributed by atoms with van der Waals surface area (Å²) in [6, 6.07) is 7.73. The number of benzene rings is 1. The van der Waals surface area contributed by atoms with E-state index in [0.717, 1.165) is 19.5 Å². The number of piperazine rings is 1. The van der Waals surface area contributed by atoms with Crippen molar-refractivity contribution in [2.75, 3.05) is 45.8 Å². The molecule has 1 aromatic rings. The van der Waals surface area contributed by atoms with E-state index in [9.17, 15) is 14.7 Å². The predicted molar refractivity (Wildman–Crippen MR) is 100.0 cm³/mol. The molecule has 2 aliphatic rings. The molecule has 3 rings (SSSR count). The number of carbonyl (C=O) groups is 2. The number of aryl methyl sites for hydroxylation is 1. The van der Waals surface area contributed by atoms with E-state index in [0.29, 0.717) is 44.7 Å². The zero-order chi connectivity index (χ0) is 18.7. The summed E-state index contributed by atoms with van der Waals surface area (Å²) >= 11 is 0. The minimum absolute atomic E-state index is 0.00928. The molecule has 0 unspecified atom stereocenters. The number of amides is 2. The van der Waals surface area contributed by atoms with Crippen molar-refractivity contribution in [2.24, 2.45) is 0 Å². The van der Waals surface area contributed by atoms with Crippen molar-refractivity contribution in [3.05, 3.63) is 35.4 Å². The maximum atomic E-state index is 12.7. The maximum absolute atomic E-state index is 12.7. The Bertz CT molecular complexity index is 653. The van der Waals surface area contributed by atoms with Crippen LogP contribution >= 0.6 is 0 Å². The molecule has 2 fully saturated rings. The first-order valence-corrected chi connectivity index (χ1v) is 9.49. The molecule has 6 nitrogen and oxygen atoms in total.